The Balaban J connectivity index is 1.55. The summed E-state index contributed by atoms with van der Waals surface area (Å²) in [6.45, 7) is 2.14. The summed E-state index contributed by atoms with van der Waals surface area (Å²) < 4.78 is 5.05. The molecule has 0 saturated heterocycles. The van der Waals surface area contributed by atoms with Gasteiger partial charge in [0.2, 0.25) is 0 Å². The number of carbonyl (C=O) groups excluding carboxylic acids is 1. The van der Waals surface area contributed by atoms with Gasteiger partial charge in [0.15, 0.2) is 5.16 Å². The van der Waals surface area contributed by atoms with Crippen LogP contribution in [0, 0.1) is 0 Å². The van der Waals surface area contributed by atoms with Gasteiger partial charge < -0.3 is 9.72 Å². The van der Waals surface area contributed by atoms with E-state index in [-0.39, 0.29) is 11.5 Å². The average Bonchev–Trinajstić information content (AvgIpc) is 3.05. The molecule has 0 aliphatic heterocycles. The number of hydrogen-bond acceptors (Lipinski definition) is 6. The number of nitrogens with one attached hydrogen (secondary N) is 1. The Bertz CT molecular complexity index is 1060. The average molecular weight is 401 g/mol. The Kier molecular flexibility index (Phi) is 5.31. The molecule has 0 unspecified atom stereocenters. The van der Waals surface area contributed by atoms with E-state index in [1.807, 2.05) is 18.2 Å². The summed E-state index contributed by atoms with van der Waals surface area (Å²) in [5.74, 6) is 0.300. The van der Waals surface area contributed by atoms with Crippen LogP contribution in [-0.4, -0.2) is 22.5 Å². The van der Waals surface area contributed by atoms with Crippen LogP contribution in [0.4, 0.5) is 0 Å². The molecule has 1 aliphatic rings. The fraction of sp³-hybridized carbons (Fsp3) is 0.350. The maximum atomic E-state index is 12.6. The minimum atomic E-state index is -0.318. The molecule has 0 fully saturated rings. The van der Waals surface area contributed by atoms with E-state index in [1.54, 1.807) is 24.3 Å². The normalized spacial score (nSPS) is 13.5. The third-order valence-electron chi connectivity index (χ3n) is 4.62. The van der Waals surface area contributed by atoms with Crippen molar-refractivity contribution in [3.05, 3.63) is 56.2 Å². The number of ether oxygens (including phenoxy) is 1. The summed E-state index contributed by atoms with van der Waals surface area (Å²) in [6, 6.07) is 7.37. The smallest absolute Gasteiger partial charge is 0.338 e. The number of carbonyl (C=O) groups is 1. The molecule has 2 aromatic heterocycles. The van der Waals surface area contributed by atoms with Gasteiger partial charge in [-0.05, 0) is 55.9 Å². The zero-order chi connectivity index (χ0) is 18.8. The van der Waals surface area contributed by atoms with Crippen LogP contribution in [0.5, 0.6) is 0 Å². The molecule has 2 heterocycles. The van der Waals surface area contributed by atoms with E-state index >= 15 is 0 Å². The first-order chi connectivity index (χ1) is 13.2. The molecule has 7 heteroatoms. The maximum absolute atomic E-state index is 12.6. The molecule has 5 nitrogen and oxygen atoms in total. The third kappa shape index (κ3) is 3.80. The maximum Gasteiger partial charge on any atom is 0.338 e. The van der Waals surface area contributed by atoms with E-state index in [2.05, 4.69) is 9.97 Å². The lowest BCUT2D eigenvalue weighted by atomic mass is 9.97. The first kappa shape index (κ1) is 18.3. The first-order valence-electron chi connectivity index (χ1n) is 9.09. The van der Waals surface area contributed by atoms with E-state index in [4.69, 9.17) is 4.74 Å². The van der Waals surface area contributed by atoms with Crippen LogP contribution in [0.1, 0.15) is 46.1 Å². The van der Waals surface area contributed by atoms with E-state index in [0.717, 1.165) is 35.0 Å². The molecule has 3 aromatic rings. The first-order valence-corrected chi connectivity index (χ1v) is 10.9. The zero-order valence-electron chi connectivity index (χ0n) is 15.0. The number of aromatic amines is 1. The predicted octanol–water partition coefficient (Wildman–Crippen LogP) is 4.33. The Morgan fingerprint density at radius 1 is 1.33 bits per heavy atom. The molecule has 0 saturated carbocycles. The largest absolute Gasteiger partial charge is 0.462 e. The highest BCUT2D eigenvalue weighted by molar-refractivity contribution is 7.98. The highest BCUT2D eigenvalue weighted by Crippen LogP contribution is 2.34. The molecule has 0 bridgehead atoms. The molecular weight excluding hydrogens is 380 g/mol. The van der Waals surface area contributed by atoms with Crippen molar-refractivity contribution < 1.29 is 9.53 Å². The number of rotatable bonds is 5. The third-order valence-corrected chi connectivity index (χ3v) is 6.75. The Morgan fingerprint density at radius 3 is 3.04 bits per heavy atom. The minimum Gasteiger partial charge on any atom is -0.462 e. The molecule has 27 heavy (non-hydrogen) atoms. The molecule has 1 aromatic carbocycles. The van der Waals surface area contributed by atoms with Crippen molar-refractivity contribution in [1.82, 2.24) is 9.97 Å². The lowest BCUT2D eigenvalue weighted by molar-refractivity contribution is 0.0526. The number of fused-ring (bicyclic) bond motifs is 3. The van der Waals surface area contributed by atoms with Gasteiger partial charge in [-0.2, -0.15) is 0 Å². The molecule has 4 rings (SSSR count). The second kappa shape index (κ2) is 7.86. The van der Waals surface area contributed by atoms with Gasteiger partial charge >= 0.3 is 5.97 Å². The monoisotopic (exact) mass is 400 g/mol. The van der Waals surface area contributed by atoms with Crippen LogP contribution >= 0.6 is 23.1 Å². The molecule has 0 radical (unpaired) electrons. The number of esters is 1. The summed E-state index contributed by atoms with van der Waals surface area (Å²) >= 11 is 3.13. The van der Waals surface area contributed by atoms with Crippen molar-refractivity contribution in [3.8, 4) is 0 Å². The minimum absolute atomic E-state index is 0.0397. The molecule has 0 spiro atoms. The van der Waals surface area contributed by atoms with E-state index in [1.165, 1.54) is 28.6 Å². The number of hydrogen-bond donors (Lipinski definition) is 1. The highest BCUT2D eigenvalue weighted by atomic mass is 32.2. The summed E-state index contributed by atoms with van der Waals surface area (Å²) in [6.07, 6.45) is 4.37. The van der Waals surface area contributed by atoms with Crippen molar-refractivity contribution in [1.29, 1.82) is 0 Å². The van der Waals surface area contributed by atoms with Crippen molar-refractivity contribution >= 4 is 39.3 Å². The number of nitrogens with zero attached hydrogens (tertiary/aromatic N) is 1. The fourth-order valence-corrected chi connectivity index (χ4v) is 5.49. The van der Waals surface area contributed by atoms with Crippen LogP contribution in [0.2, 0.25) is 0 Å². The van der Waals surface area contributed by atoms with Crippen molar-refractivity contribution in [2.45, 2.75) is 43.5 Å². The number of thiophene rings is 1. The van der Waals surface area contributed by atoms with E-state index < -0.39 is 0 Å². The van der Waals surface area contributed by atoms with Crippen LogP contribution in [0.15, 0.2) is 34.2 Å². The second-order valence-electron chi connectivity index (χ2n) is 6.47. The molecule has 0 atom stereocenters. The van der Waals surface area contributed by atoms with E-state index in [9.17, 15) is 9.59 Å². The van der Waals surface area contributed by atoms with Crippen LogP contribution in [0.3, 0.4) is 0 Å². The zero-order valence-corrected chi connectivity index (χ0v) is 16.7. The molecule has 0 amide bonds. The summed E-state index contributed by atoms with van der Waals surface area (Å²) in [7, 11) is 0. The van der Waals surface area contributed by atoms with Crippen molar-refractivity contribution in [2.75, 3.05) is 6.61 Å². The number of benzene rings is 1. The topological polar surface area (TPSA) is 72.0 Å². The van der Waals surface area contributed by atoms with Crippen LogP contribution < -0.4 is 5.56 Å². The Morgan fingerprint density at radius 2 is 2.19 bits per heavy atom. The van der Waals surface area contributed by atoms with Gasteiger partial charge in [-0.3, -0.25) is 4.79 Å². The number of H-pyrrole nitrogens is 1. The second-order valence-corrected chi connectivity index (χ2v) is 8.52. The number of aromatic nitrogens is 2. The quantitative estimate of drug-likeness (QED) is 0.392. The lowest BCUT2D eigenvalue weighted by Gasteiger charge is -2.09. The van der Waals surface area contributed by atoms with Crippen LogP contribution in [0.25, 0.3) is 10.2 Å². The SMILES string of the molecule is CCOC(=O)c1cccc(CSc2nc3sc4c(c3c(=O)[nH]2)CCCC4)c1. The number of thioether (sulfide) groups is 1. The molecular formula is C20H20N2O3S2. The van der Waals surface area contributed by atoms with Gasteiger partial charge in [0, 0.05) is 10.6 Å². The summed E-state index contributed by atoms with van der Waals surface area (Å²) in [4.78, 5) is 34.2. The molecule has 1 aliphatic carbocycles. The molecule has 140 valence electrons. The van der Waals surface area contributed by atoms with Gasteiger partial charge in [-0.25, -0.2) is 9.78 Å². The van der Waals surface area contributed by atoms with E-state index in [0.29, 0.717) is 23.1 Å². The van der Waals surface area contributed by atoms with Gasteiger partial charge in [0.05, 0.1) is 17.6 Å². The lowest BCUT2D eigenvalue weighted by Crippen LogP contribution is -2.11. The van der Waals surface area contributed by atoms with Crippen LogP contribution in [-0.2, 0) is 23.3 Å². The van der Waals surface area contributed by atoms with Gasteiger partial charge in [-0.15, -0.1) is 11.3 Å². The summed E-state index contributed by atoms with van der Waals surface area (Å²) in [5.41, 5.74) is 2.69. The number of aryl methyl sites for hydroxylation is 2. The highest BCUT2D eigenvalue weighted by Gasteiger charge is 2.19. The van der Waals surface area contributed by atoms with Gasteiger partial charge in [0.25, 0.3) is 5.56 Å². The Hall–Kier alpha value is -2.12. The van der Waals surface area contributed by atoms with Gasteiger partial charge in [-0.1, -0.05) is 23.9 Å². The van der Waals surface area contributed by atoms with Crippen molar-refractivity contribution in [3.63, 3.8) is 0 Å². The molecule has 1 N–H and O–H groups in total. The van der Waals surface area contributed by atoms with Gasteiger partial charge in [0.1, 0.15) is 4.83 Å². The summed E-state index contributed by atoms with van der Waals surface area (Å²) in [5, 5.41) is 1.40. The predicted molar refractivity (Wildman–Crippen MR) is 109 cm³/mol. The standard InChI is InChI=1S/C20H20N2O3S2/c1-2-25-19(24)13-7-5-6-12(10-13)11-26-20-21-17(23)16-14-8-3-4-9-15(14)27-18(16)22-20/h5-7,10H,2-4,8-9,11H2,1H3,(H,21,22,23). The van der Waals surface area contributed by atoms with Crippen molar-refractivity contribution in [2.24, 2.45) is 0 Å². The fourth-order valence-electron chi connectivity index (χ4n) is 3.37. The Labute approximate surface area is 165 Å².